The van der Waals surface area contributed by atoms with Crippen LogP contribution in [0.3, 0.4) is 0 Å². The van der Waals surface area contributed by atoms with Gasteiger partial charge in [0.05, 0.1) is 39.0 Å². The Balaban J connectivity index is 1.56. The van der Waals surface area contributed by atoms with Crippen LogP contribution in [0.4, 0.5) is 5.69 Å². The minimum Gasteiger partial charge on any atom is -0.463 e. The van der Waals surface area contributed by atoms with Crippen LogP contribution in [0.2, 0.25) is 0 Å². The lowest BCUT2D eigenvalue weighted by Gasteiger charge is -2.37. The lowest BCUT2D eigenvalue weighted by Crippen LogP contribution is -3.15. The molecule has 0 spiro atoms. The predicted molar refractivity (Wildman–Crippen MR) is 109 cm³/mol. The van der Waals surface area contributed by atoms with Crippen LogP contribution in [0.5, 0.6) is 0 Å². The van der Waals surface area contributed by atoms with Crippen molar-refractivity contribution in [3.8, 4) is 0 Å². The van der Waals surface area contributed by atoms with Gasteiger partial charge in [-0.2, -0.15) is 0 Å². The lowest BCUT2D eigenvalue weighted by atomic mass is 10.1. The van der Waals surface area contributed by atoms with E-state index in [2.05, 4.69) is 27.7 Å². The number of para-hydroxylation sites is 1. The number of aliphatic hydroxyl groups is 1. The molecule has 1 aromatic carbocycles. The van der Waals surface area contributed by atoms with E-state index in [0.29, 0.717) is 13.0 Å². The van der Waals surface area contributed by atoms with Crippen molar-refractivity contribution in [1.82, 2.24) is 10.6 Å². The summed E-state index contributed by atoms with van der Waals surface area (Å²) in [6, 6.07) is 14.0. The van der Waals surface area contributed by atoms with Crippen LogP contribution in [0.25, 0.3) is 0 Å². The van der Waals surface area contributed by atoms with Gasteiger partial charge in [-0.1, -0.05) is 18.2 Å². The van der Waals surface area contributed by atoms with Crippen LogP contribution < -0.4 is 20.4 Å². The first-order valence-corrected chi connectivity index (χ1v) is 10.0. The van der Waals surface area contributed by atoms with E-state index in [1.54, 1.807) is 6.26 Å². The van der Waals surface area contributed by atoms with Crippen molar-refractivity contribution in [2.75, 3.05) is 50.8 Å². The lowest BCUT2D eigenvalue weighted by molar-refractivity contribution is -0.932. The van der Waals surface area contributed by atoms with Crippen molar-refractivity contribution >= 4 is 17.5 Å². The van der Waals surface area contributed by atoms with Gasteiger partial charge in [0.15, 0.2) is 11.8 Å². The highest BCUT2D eigenvalue weighted by molar-refractivity contribution is 6.35. The van der Waals surface area contributed by atoms with Crippen LogP contribution in [-0.4, -0.2) is 62.8 Å². The zero-order chi connectivity index (χ0) is 20.5. The van der Waals surface area contributed by atoms with E-state index in [0.717, 1.165) is 31.9 Å². The Hall–Kier alpha value is -2.84. The second-order valence-corrected chi connectivity index (χ2v) is 7.09. The number of rotatable bonds is 8. The Morgan fingerprint density at radius 3 is 2.45 bits per heavy atom. The average Bonchev–Trinajstić information content (AvgIpc) is 3.29. The molecule has 1 fully saturated rings. The summed E-state index contributed by atoms with van der Waals surface area (Å²) in [5.74, 6) is -0.545. The zero-order valence-electron chi connectivity index (χ0n) is 16.5. The molecule has 8 nitrogen and oxygen atoms in total. The zero-order valence-corrected chi connectivity index (χ0v) is 16.5. The molecule has 2 heterocycles. The van der Waals surface area contributed by atoms with Crippen LogP contribution in [0.15, 0.2) is 53.1 Å². The van der Waals surface area contributed by atoms with Crippen molar-refractivity contribution in [2.45, 2.75) is 12.5 Å². The molecule has 3 rings (SSSR count). The van der Waals surface area contributed by atoms with Gasteiger partial charge >= 0.3 is 11.8 Å². The number of nitrogens with zero attached hydrogens (tertiary/aromatic N) is 1. The summed E-state index contributed by atoms with van der Waals surface area (Å²) < 4.78 is 5.62. The van der Waals surface area contributed by atoms with E-state index >= 15 is 0 Å². The number of hydrogen-bond acceptors (Lipinski definition) is 5. The van der Waals surface area contributed by atoms with E-state index in [-0.39, 0.29) is 19.2 Å². The van der Waals surface area contributed by atoms with Gasteiger partial charge in [0.1, 0.15) is 0 Å². The fraction of sp³-hybridized carbons (Fsp3) is 0.429. The number of furan rings is 1. The summed E-state index contributed by atoms with van der Waals surface area (Å²) in [6.07, 6.45) is 2.05. The molecular weight excluding hydrogens is 372 g/mol. The Morgan fingerprint density at radius 1 is 1.07 bits per heavy atom. The largest absolute Gasteiger partial charge is 0.463 e. The number of carbonyl (C=O) groups excluding carboxylic acids is 2. The molecule has 1 atom stereocenters. The third-order valence-electron chi connectivity index (χ3n) is 5.20. The molecule has 1 aromatic heterocycles. The summed E-state index contributed by atoms with van der Waals surface area (Å²) in [5.41, 5.74) is 1.22. The maximum Gasteiger partial charge on any atom is 0.309 e. The van der Waals surface area contributed by atoms with Gasteiger partial charge in [-0.25, -0.2) is 0 Å². The van der Waals surface area contributed by atoms with Crippen LogP contribution in [0.1, 0.15) is 18.2 Å². The predicted octanol–water partition coefficient (Wildman–Crippen LogP) is -0.659. The number of aliphatic hydroxyl groups excluding tert-OH is 1. The maximum atomic E-state index is 12.1. The number of hydrogen-bond donors (Lipinski definition) is 4. The van der Waals surface area contributed by atoms with Crippen molar-refractivity contribution in [3.63, 3.8) is 0 Å². The van der Waals surface area contributed by atoms with Gasteiger partial charge in [-0.05, 0) is 30.7 Å². The van der Waals surface area contributed by atoms with Crippen LogP contribution >= 0.6 is 0 Å². The summed E-state index contributed by atoms with van der Waals surface area (Å²) in [7, 11) is 0. The van der Waals surface area contributed by atoms with Crippen molar-refractivity contribution < 1.29 is 24.0 Å². The van der Waals surface area contributed by atoms with Crippen LogP contribution in [0, 0.1) is 0 Å². The number of amides is 2. The number of nitrogens with one attached hydrogen (secondary N) is 3. The summed E-state index contributed by atoms with van der Waals surface area (Å²) in [6.45, 7) is 4.19. The summed E-state index contributed by atoms with van der Waals surface area (Å²) in [4.78, 5) is 27.6. The van der Waals surface area contributed by atoms with Gasteiger partial charge in [0.25, 0.3) is 0 Å². The fourth-order valence-electron chi connectivity index (χ4n) is 3.61. The number of piperazine rings is 1. The minimum absolute atomic E-state index is 0.0270. The quantitative estimate of drug-likeness (QED) is 0.348. The Labute approximate surface area is 170 Å². The second-order valence-electron chi connectivity index (χ2n) is 7.09. The summed E-state index contributed by atoms with van der Waals surface area (Å²) >= 11 is 0. The summed E-state index contributed by atoms with van der Waals surface area (Å²) in [5, 5.41) is 14.0. The highest BCUT2D eigenvalue weighted by atomic mass is 16.3. The fourth-order valence-corrected chi connectivity index (χ4v) is 3.61. The molecule has 1 saturated heterocycles. The molecule has 0 bridgehead atoms. The minimum atomic E-state index is -0.680. The molecule has 0 radical (unpaired) electrons. The van der Waals surface area contributed by atoms with Crippen molar-refractivity contribution in [2.24, 2.45) is 0 Å². The molecule has 1 aliphatic rings. The second kappa shape index (κ2) is 10.6. The molecule has 29 heavy (non-hydrogen) atoms. The number of carbonyl (C=O) groups is 2. The number of anilines is 1. The molecule has 0 saturated carbocycles. The third kappa shape index (κ3) is 5.82. The third-order valence-corrected chi connectivity index (χ3v) is 5.20. The van der Waals surface area contributed by atoms with Gasteiger partial charge < -0.3 is 30.0 Å². The van der Waals surface area contributed by atoms with Gasteiger partial charge in [0.2, 0.25) is 0 Å². The van der Waals surface area contributed by atoms with E-state index in [1.807, 2.05) is 30.3 Å². The van der Waals surface area contributed by atoms with E-state index in [4.69, 9.17) is 9.52 Å². The molecule has 0 aliphatic carbocycles. The first-order chi connectivity index (χ1) is 14.2. The Bertz CT molecular complexity index is 758. The first kappa shape index (κ1) is 20.9. The van der Waals surface area contributed by atoms with E-state index in [1.165, 1.54) is 10.6 Å². The number of quaternary nitrogens is 1. The molecule has 4 N–H and O–H groups in total. The van der Waals surface area contributed by atoms with Gasteiger partial charge in [0, 0.05) is 18.8 Å². The maximum absolute atomic E-state index is 12.1. The van der Waals surface area contributed by atoms with Gasteiger partial charge in [-0.3, -0.25) is 9.59 Å². The topological polar surface area (TPSA) is 99.2 Å². The van der Waals surface area contributed by atoms with E-state index < -0.39 is 11.8 Å². The molecule has 2 amide bonds. The van der Waals surface area contributed by atoms with E-state index in [9.17, 15) is 9.59 Å². The van der Waals surface area contributed by atoms with Crippen molar-refractivity contribution in [3.05, 3.63) is 54.5 Å². The van der Waals surface area contributed by atoms with Crippen molar-refractivity contribution in [1.29, 1.82) is 0 Å². The molecule has 156 valence electrons. The monoisotopic (exact) mass is 401 g/mol. The Morgan fingerprint density at radius 2 is 1.79 bits per heavy atom. The molecule has 8 heteroatoms. The average molecular weight is 401 g/mol. The number of benzene rings is 1. The van der Waals surface area contributed by atoms with Crippen LogP contribution in [-0.2, 0) is 9.59 Å². The highest BCUT2D eigenvalue weighted by Gasteiger charge is 2.31. The molecule has 1 aliphatic heterocycles. The first-order valence-electron chi connectivity index (χ1n) is 10.0. The highest BCUT2D eigenvalue weighted by Crippen LogP contribution is 2.14. The normalized spacial score (nSPS) is 15.7. The Kier molecular flexibility index (Phi) is 7.66. The van der Waals surface area contributed by atoms with Gasteiger partial charge in [-0.15, -0.1) is 0 Å². The molecule has 0 unspecified atom stereocenters. The molecular formula is C21H29N4O4+. The standard InChI is InChI=1S/C21H28N4O4/c26-14-5-9-22-20(27)21(28)23-16-18(19-8-4-15-29-19)25-12-10-24(11-13-25)17-6-2-1-3-7-17/h1-4,6-8,15,18,26H,5,9-14,16H2,(H,22,27)(H,23,28)/p+1/t18-/m0/s1. The molecule has 2 aromatic rings. The smallest absolute Gasteiger partial charge is 0.309 e. The SMILES string of the molecule is O=C(NCCCO)C(=O)NC[C@@H](c1ccco1)[NH+]1CCN(c2ccccc2)CC1.